The number of ether oxygens (including phenoxy) is 1. The Morgan fingerprint density at radius 2 is 2.12 bits per heavy atom. The minimum Gasteiger partial charge on any atom is -0.496 e. The van der Waals surface area contributed by atoms with Crippen molar-refractivity contribution in [3.05, 3.63) is 60.5 Å². The third-order valence-corrected chi connectivity index (χ3v) is 3.70. The molecule has 1 N–H and O–H groups in total. The second-order valence-corrected chi connectivity index (χ2v) is 5.41. The number of benzene rings is 1. The zero-order valence-electron chi connectivity index (χ0n) is 13.6. The highest BCUT2D eigenvalue weighted by Gasteiger charge is 2.14. The molecule has 0 fully saturated rings. The molecule has 124 valence electrons. The fourth-order valence-corrected chi connectivity index (χ4v) is 2.54. The number of rotatable bonds is 6. The highest BCUT2D eigenvalue weighted by Crippen LogP contribution is 2.24. The van der Waals surface area contributed by atoms with Gasteiger partial charge in [0.1, 0.15) is 18.0 Å². The summed E-state index contributed by atoms with van der Waals surface area (Å²) in [6, 6.07) is 12.9. The van der Waals surface area contributed by atoms with E-state index in [1.807, 2.05) is 43.3 Å². The molecule has 0 bridgehead atoms. The number of furan rings is 1. The molecule has 1 aromatic carbocycles. The third kappa shape index (κ3) is 3.48. The number of para-hydroxylation sites is 1. The number of hydrogen-bond donors (Lipinski definition) is 1. The molecule has 2 heterocycles. The number of carbonyl (C=O) groups is 1. The summed E-state index contributed by atoms with van der Waals surface area (Å²) in [6.07, 6.45) is 3.35. The summed E-state index contributed by atoms with van der Waals surface area (Å²) in [5.74, 6) is 1.31. The molecule has 0 aliphatic carbocycles. The van der Waals surface area contributed by atoms with E-state index >= 15 is 0 Å². The molecular weight excluding hydrogens is 306 g/mol. The quantitative estimate of drug-likeness (QED) is 0.756. The Labute approximate surface area is 140 Å². The maximum absolute atomic E-state index is 12.3. The maximum atomic E-state index is 12.3. The van der Waals surface area contributed by atoms with Crippen LogP contribution in [0.4, 0.5) is 0 Å². The SMILES string of the molecule is COc1ccccc1[C@H](C)NC(=O)Cn1ccc(-c2ccco2)n1. The molecule has 3 aromatic rings. The number of hydrogen-bond acceptors (Lipinski definition) is 4. The molecule has 24 heavy (non-hydrogen) atoms. The molecule has 0 saturated carbocycles. The smallest absolute Gasteiger partial charge is 0.242 e. The average molecular weight is 325 g/mol. The molecule has 3 rings (SSSR count). The van der Waals surface area contributed by atoms with Crippen molar-refractivity contribution in [1.29, 1.82) is 0 Å². The highest BCUT2D eigenvalue weighted by atomic mass is 16.5. The molecule has 0 aliphatic heterocycles. The molecule has 1 atom stereocenters. The third-order valence-electron chi connectivity index (χ3n) is 3.70. The van der Waals surface area contributed by atoms with Crippen molar-refractivity contribution in [3.63, 3.8) is 0 Å². The van der Waals surface area contributed by atoms with Crippen LogP contribution in [-0.4, -0.2) is 22.8 Å². The van der Waals surface area contributed by atoms with Gasteiger partial charge < -0.3 is 14.5 Å². The number of carbonyl (C=O) groups excluding carboxylic acids is 1. The first-order chi connectivity index (χ1) is 11.7. The molecule has 0 saturated heterocycles. The van der Waals surface area contributed by atoms with Crippen LogP contribution < -0.4 is 10.1 Å². The van der Waals surface area contributed by atoms with Gasteiger partial charge in [0.25, 0.3) is 0 Å². The molecule has 0 spiro atoms. The molecule has 0 aliphatic rings. The predicted octanol–water partition coefficient (Wildman–Crippen LogP) is 3.03. The first kappa shape index (κ1) is 15.9. The van der Waals surface area contributed by atoms with E-state index in [9.17, 15) is 4.79 Å². The Kier molecular flexibility index (Phi) is 4.65. The van der Waals surface area contributed by atoms with Gasteiger partial charge in [-0.2, -0.15) is 5.10 Å². The van der Waals surface area contributed by atoms with Crippen LogP contribution in [0.5, 0.6) is 5.75 Å². The normalized spacial score (nSPS) is 11.9. The van der Waals surface area contributed by atoms with Crippen molar-refractivity contribution in [2.45, 2.75) is 19.5 Å². The molecule has 0 unspecified atom stereocenters. The Morgan fingerprint density at radius 1 is 1.29 bits per heavy atom. The van der Waals surface area contributed by atoms with Crippen LogP contribution in [0.15, 0.2) is 59.3 Å². The van der Waals surface area contributed by atoms with Gasteiger partial charge in [0, 0.05) is 11.8 Å². The van der Waals surface area contributed by atoms with Gasteiger partial charge in [-0.15, -0.1) is 0 Å². The van der Waals surface area contributed by atoms with Crippen LogP contribution in [0.25, 0.3) is 11.5 Å². The lowest BCUT2D eigenvalue weighted by Gasteiger charge is -2.17. The lowest BCUT2D eigenvalue weighted by atomic mass is 10.1. The van der Waals surface area contributed by atoms with Crippen molar-refractivity contribution in [1.82, 2.24) is 15.1 Å². The standard InChI is InChI=1S/C18H19N3O3/c1-13(14-6-3-4-7-16(14)23-2)19-18(22)12-21-10-9-15(20-21)17-8-5-11-24-17/h3-11,13H,12H2,1-2H3,(H,19,22)/t13-/m0/s1. The van der Waals surface area contributed by atoms with Gasteiger partial charge in [0.2, 0.25) is 5.91 Å². The van der Waals surface area contributed by atoms with Gasteiger partial charge in [0.05, 0.1) is 19.4 Å². The van der Waals surface area contributed by atoms with Crippen molar-refractivity contribution < 1.29 is 13.9 Å². The lowest BCUT2D eigenvalue weighted by molar-refractivity contribution is -0.122. The van der Waals surface area contributed by atoms with Gasteiger partial charge in [-0.1, -0.05) is 18.2 Å². The van der Waals surface area contributed by atoms with Gasteiger partial charge in [-0.3, -0.25) is 9.48 Å². The monoisotopic (exact) mass is 325 g/mol. The van der Waals surface area contributed by atoms with E-state index < -0.39 is 0 Å². The molecule has 2 aromatic heterocycles. The second kappa shape index (κ2) is 7.04. The lowest BCUT2D eigenvalue weighted by Crippen LogP contribution is -2.30. The van der Waals surface area contributed by atoms with E-state index in [1.165, 1.54) is 0 Å². The van der Waals surface area contributed by atoms with E-state index in [1.54, 1.807) is 30.3 Å². The van der Waals surface area contributed by atoms with Gasteiger partial charge >= 0.3 is 0 Å². The van der Waals surface area contributed by atoms with E-state index in [0.29, 0.717) is 11.5 Å². The fraction of sp³-hybridized carbons (Fsp3) is 0.222. The summed E-state index contributed by atoms with van der Waals surface area (Å²) in [4.78, 5) is 12.3. The summed E-state index contributed by atoms with van der Waals surface area (Å²) in [5.41, 5.74) is 1.63. The van der Waals surface area contributed by atoms with E-state index in [2.05, 4.69) is 10.4 Å². The molecule has 6 heteroatoms. The first-order valence-electron chi connectivity index (χ1n) is 7.67. The highest BCUT2D eigenvalue weighted by molar-refractivity contribution is 5.76. The topological polar surface area (TPSA) is 69.3 Å². The number of methoxy groups -OCH3 is 1. The summed E-state index contributed by atoms with van der Waals surface area (Å²) in [5, 5.41) is 7.30. The van der Waals surface area contributed by atoms with Crippen molar-refractivity contribution >= 4 is 5.91 Å². The zero-order valence-corrected chi connectivity index (χ0v) is 13.6. The Hall–Kier alpha value is -3.02. The summed E-state index contributed by atoms with van der Waals surface area (Å²) in [7, 11) is 1.62. The van der Waals surface area contributed by atoms with Crippen molar-refractivity contribution in [2.24, 2.45) is 0 Å². The zero-order chi connectivity index (χ0) is 16.9. The van der Waals surface area contributed by atoms with Gasteiger partial charge in [-0.25, -0.2) is 0 Å². The largest absolute Gasteiger partial charge is 0.496 e. The predicted molar refractivity (Wildman–Crippen MR) is 89.5 cm³/mol. The van der Waals surface area contributed by atoms with Crippen LogP contribution in [0.3, 0.4) is 0 Å². The van der Waals surface area contributed by atoms with Gasteiger partial charge in [-0.05, 0) is 31.2 Å². The van der Waals surface area contributed by atoms with Crippen LogP contribution in [0.2, 0.25) is 0 Å². The van der Waals surface area contributed by atoms with Crippen LogP contribution >= 0.6 is 0 Å². The summed E-state index contributed by atoms with van der Waals surface area (Å²) in [6.45, 7) is 2.06. The minimum atomic E-state index is -0.159. The summed E-state index contributed by atoms with van der Waals surface area (Å²) < 4.78 is 12.2. The maximum Gasteiger partial charge on any atom is 0.242 e. The van der Waals surface area contributed by atoms with Crippen molar-refractivity contribution in [2.75, 3.05) is 7.11 Å². The minimum absolute atomic E-state index is 0.123. The Balaban J connectivity index is 1.63. The first-order valence-corrected chi connectivity index (χ1v) is 7.67. The van der Waals surface area contributed by atoms with E-state index in [0.717, 1.165) is 11.3 Å². The molecule has 1 amide bonds. The van der Waals surface area contributed by atoms with E-state index in [4.69, 9.17) is 9.15 Å². The van der Waals surface area contributed by atoms with Crippen LogP contribution in [0, 0.1) is 0 Å². The van der Waals surface area contributed by atoms with Crippen LogP contribution in [0.1, 0.15) is 18.5 Å². The Bertz CT molecular complexity index is 809. The fourth-order valence-electron chi connectivity index (χ4n) is 2.54. The number of aromatic nitrogens is 2. The Morgan fingerprint density at radius 3 is 2.88 bits per heavy atom. The number of nitrogens with one attached hydrogen (secondary N) is 1. The number of nitrogens with zero attached hydrogens (tertiary/aromatic N) is 2. The molecule has 6 nitrogen and oxygen atoms in total. The van der Waals surface area contributed by atoms with E-state index in [-0.39, 0.29) is 18.5 Å². The van der Waals surface area contributed by atoms with Crippen molar-refractivity contribution in [3.8, 4) is 17.2 Å². The van der Waals surface area contributed by atoms with Crippen LogP contribution in [-0.2, 0) is 11.3 Å². The number of amides is 1. The molecular formula is C18H19N3O3. The van der Waals surface area contributed by atoms with Gasteiger partial charge in [0.15, 0.2) is 5.76 Å². The summed E-state index contributed by atoms with van der Waals surface area (Å²) >= 11 is 0. The second-order valence-electron chi connectivity index (χ2n) is 5.41. The average Bonchev–Trinajstić information content (AvgIpc) is 3.25. The molecule has 0 radical (unpaired) electrons.